The van der Waals surface area contributed by atoms with Crippen molar-refractivity contribution in [3.8, 4) is 0 Å². The third-order valence-corrected chi connectivity index (χ3v) is 3.41. The van der Waals surface area contributed by atoms with Gasteiger partial charge in [0.25, 0.3) is 5.91 Å². The molecule has 1 aliphatic heterocycles. The number of aromatic nitrogens is 1. The number of nitrogens with one attached hydrogen (secondary N) is 1. The molecular weight excluding hydrogens is 256 g/mol. The van der Waals surface area contributed by atoms with E-state index in [1.807, 2.05) is 0 Å². The number of nitrogens with two attached hydrogens (primary N) is 1. The summed E-state index contributed by atoms with van der Waals surface area (Å²) in [5, 5.41) is 4.36. The van der Waals surface area contributed by atoms with Crippen molar-refractivity contribution in [2.75, 3.05) is 13.1 Å². The number of carbonyl (C=O) groups excluding carboxylic acids is 3. The minimum atomic E-state index is -0.484. The van der Waals surface area contributed by atoms with E-state index in [9.17, 15) is 14.4 Å². The van der Waals surface area contributed by atoms with Crippen LogP contribution in [0.2, 0.25) is 0 Å². The van der Waals surface area contributed by atoms with Crippen LogP contribution in [0.1, 0.15) is 28.5 Å². The van der Waals surface area contributed by atoms with E-state index in [0.717, 1.165) is 0 Å². The van der Waals surface area contributed by atoms with Crippen LogP contribution in [-0.2, 0) is 9.59 Å². The van der Waals surface area contributed by atoms with Crippen LogP contribution in [0.5, 0.6) is 0 Å². The van der Waals surface area contributed by atoms with Crippen LogP contribution in [0, 0.1) is 0 Å². The largest absolute Gasteiger partial charge is 0.322 e. The highest BCUT2D eigenvalue weighted by Gasteiger charge is 2.28. The van der Waals surface area contributed by atoms with Crippen molar-refractivity contribution < 1.29 is 14.4 Å². The van der Waals surface area contributed by atoms with E-state index in [-0.39, 0.29) is 24.8 Å². The number of hydrogen-bond donors (Lipinski definition) is 2. The first-order chi connectivity index (χ1) is 8.47. The second-order valence-corrected chi connectivity index (χ2v) is 4.88. The van der Waals surface area contributed by atoms with Gasteiger partial charge in [0, 0.05) is 5.38 Å². The molecule has 1 aromatic rings. The molecule has 2 heterocycles. The molecule has 7 nitrogen and oxygen atoms in total. The molecule has 0 spiro atoms. The second kappa shape index (κ2) is 4.83. The van der Waals surface area contributed by atoms with Gasteiger partial charge in [0.1, 0.15) is 23.8 Å². The van der Waals surface area contributed by atoms with Crippen LogP contribution in [0.3, 0.4) is 0 Å². The topological polar surface area (TPSA) is 105 Å². The van der Waals surface area contributed by atoms with Crippen molar-refractivity contribution >= 4 is 29.1 Å². The molecule has 3 N–H and O–H groups in total. The highest BCUT2D eigenvalue weighted by molar-refractivity contribution is 7.09. The number of amides is 3. The smallest absolute Gasteiger partial charge is 0.274 e. The monoisotopic (exact) mass is 268 g/mol. The van der Waals surface area contributed by atoms with E-state index in [1.165, 1.54) is 16.2 Å². The number of thiazole rings is 1. The van der Waals surface area contributed by atoms with Crippen molar-refractivity contribution in [2.45, 2.75) is 13.0 Å². The Balaban J connectivity index is 2.15. The maximum atomic E-state index is 12.0. The first kappa shape index (κ1) is 12.7. The molecule has 1 atom stereocenters. The SMILES string of the molecule is CC(N)c1nc(C(=O)N2CC(=O)NC(=O)C2)cs1. The molecule has 0 radical (unpaired) electrons. The van der Waals surface area contributed by atoms with Crippen molar-refractivity contribution in [1.29, 1.82) is 0 Å². The van der Waals surface area contributed by atoms with Gasteiger partial charge >= 0.3 is 0 Å². The summed E-state index contributed by atoms with van der Waals surface area (Å²) in [6.07, 6.45) is 0. The van der Waals surface area contributed by atoms with Crippen LogP contribution in [0.4, 0.5) is 0 Å². The van der Waals surface area contributed by atoms with Crippen LogP contribution in [0.25, 0.3) is 0 Å². The summed E-state index contributed by atoms with van der Waals surface area (Å²) in [5.41, 5.74) is 5.87. The minimum Gasteiger partial charge on any atom is -0.322 e. The van der Waals surface area contributed by atoms with Gasteiger partial charge in [0.05, 0.1) is 6.04 Å². The second-order valence-electron chi connectivity index (χ2n) is 3.99. The Bertz CT molecular complexity index is 495. The lowest BCUT2D eigenvalue weighted by Crippen LogP contribution is -2.53. The van der Waals surface area contributed by atoms with Gasteiger partial charge in [-0.25, -0.2) is 4.98 Å². The molecule has 3 amide bonds. The lowest BCUT2D eigenvalue weighted by atomic mass is 10.3. The van der Waals surface area contributed by atoms with Crippen LogP contribution < -0.4 is 11.1 Å². The summed E-state index contributed by atoms with van der Waals surface area (Å²) in [4.78, 5) is 39.6. The lowest BCUT2D eigenvalue weighted by Gasteiger charge is -2.24. The van der Waals surface area contributed by atoms with Crippen LogP contribution >= 0.6 is 11.3 Å². The standard InChI is InChI=1S/C10H12N4O3S/c1-5(11)9-12-6(4-18-9)10(17)14-2-7(15)13-8(16)3-14/h4-5H,2-3,11H2,1H3,(H,13,15,16). The Morgan fingerprint density at radius 2 is 2.11 bits per heavy atom. The number of hydrogen-bond acceptors (Lipinski definition) is 6. The van der Waals surface area contributed by atoms with Gasteiger partial charge in [0.15, 0.2) is 0 Å². The molecular formula is C10H12N4O3S. The van der Waals surface area contributed by atoms with Gasteiger partial charge in [-0.3, -0.25) is 19.7 Å². The van der Waals surface area contributed by atoms with Crippen molar-refractivity contribution in [1.82, 2.24) is 15.2 Å². The Kier molecular flexibility index (Phi) is 3.39. The molecule has 1 unspecified atom stereocenters. The number of carbonyl (C=O) groups is 3. The van der Waals surface area contributed by atoms with E-state index in [1.54, 1.807) is 12.3 Å². The molecule has 1 saturated heterocycles. The maximum Gasteiger partial charge on any atom is 0.274 e. The molecule has 0 saturated carbocycles. The average molecular weight is 268 g/mol. The molecule has 1 fully saturated rings. The third kappa shape index (κ3) is 2.54. The first-order valence-electron chi connectivity index (χ1n) is 5.30. The predicted molar refractivity (Wildman–Crippen MR) is 63.8 cm³/mol. The Hall–Kier alpha value is -1.80. The van der Waals surface area contributed by atoms with Gasteiger partial charge in [0.2, 0.25) is 11.8 Å². The fraction of sp³-hybridized carbons (Fsp3) is 0.400. The zero-order valence-electron chi connectivity index (χ0n) is 9.67. The summed E-state index contributed by atoms with van der Waals surface area (Å²) >= 11 is 1.28. The van der Waals surface area contributed by atoms with Gasteiger partial charge < -0.3 is 10.6 Å². The number of rotatable bonds is 2. The molecule has 0 aliphatic carbocycles. The zero-order chi connectivity index (χ0) is 13.3. The summed E-state index contributed by atoms with van der Waals surface area (Å²) in [7, 11) is 0. The van der Waals surface area contributed by atoms with Crippen LogP contribution in [0.15, 0.2) is 5.38 Å². The average Bonchev–Trinajstić information content (AvgIpc) is 2.75. The molecule has 2 rings (SSSR count). The fourth-order valence-electron chi connectivity index (χ4n) is 1.54. The van der Waals surface area contributed by atoms with E-state index >= 15 is 0 Å². The van der Waals surface area contributed by atoms with E-state index in [4.69, 9.17) is 5.73 Å². The highest BCUT2D eigenvalue weighted by Crippen LogP contribution is 2.17. The molecule has 96 valence electrons. The Morgan fingerprint density at radius 1 is 1.50 bits per heavy atom. The molecule has 0 bridgehead atoms. The van der Waals surface area contributed by atoms with Crippen LogP contribution in [-0.4, -0.2) is 40.7 Å². The molecule has 1 aliphatic rings. The molecule has 0 aromatic carbocycles. The molecule has 1 aromatic heterocycles. The quantitative estimate of drug-likeness (QED) is 0.687. The predicted octanol–water partition coefficient (Wildman–Crippen LogP) is -0.739. The summed E-state index contributed by atoms with van der Waals surface area (Å²) in [6, 6.07) is -0.247. The number of imide groups is 1. The fourth-order valence-corrected chi connectivity index (χ4v) is 2.29. The van der Waals surface area contributed by atoms with E-state index < -0.39 is 17.7 Å². The highest BCUT2D eigenvalue weighted by atomic mass is 32.1. The van der Waals surface area contributed by atoms with Gasteiger partial charge in [-0.2, -0.15) is 0 Å². The summed E-state index contributed by atoms with van der Waals surface area (Å²) < 4.78 is 0. The Morgan fingerprint density at radius 3 is 2.61 bits per heavy atom. The number of piperazine rings is 1. The van der Waals surface area contributed by atoms with Gasteiger partial charge in [-0.1, -0.05) is 0 Å². The van der Waals surface area contributed by atoms with Crippen molar-refractivity contribution in [2.24, 2.45) is 5.73 Å². The normalized spacial score (nSPS) is 17.6. The van der Waals surface area contributed by atoms with E-state index in [2.05, 4.69) is 10.3 Å². The molecule has 18 heavy (non-hydrogen) atoms. The Labute approximate surface area is 107 Å². The van der Waals surface area contributed by atoms with Crippen molar-refractivity contribution in [3.63, 3.8) is 0 Å². The number of nitrogens with zero attached hydrogens (tertiary/aromatic N) is 2. The molecule has 8 heteroatoms. The summed E-state index contributed by atoms with van der Waals surface area (Å²) in [6.45, 7) is 1.51. The van der Waals surface area contributed by atoms with Gasteiger partial charge in [-0.05, 0) is 6.92 Å². The third-order valence-electron chi connectivity index (χ3n) is 2.37. The summed E-state index contributed by atoms with van der Waals surface area (Å²) in [5.74, 6) is -1.40. The zero-order valence-corrected chi connectivity index (χ0v) is 10.5. The first-order valence-corrected chi connectivity index (χ1v) is 6.18. The van der Waals surface area contributed by atoms with Gasteiger partial charge in [-0.15, -0.1) is 11.3 Å². The van der Waals surface area contributed by atoms with E-state index in [0.29, 0.717) is 5.01 Å². The maximum absolute atomic E-state index is 12.0. The van der Waals surface area contributed by atoms with Crippen molar-refractivity contribution in [3.05, 3.63) is 16.1 Å². The lowest BCUT2D eigenvalue weighted by molar-refractivity contribution is -0.135. The minimum absolute atomic E-state index is 0.129.